The zero-order valence-electron chi connectivity index (χ0n) is 14.4. The van der Waals surface area contributed by atoms with E-state index in [1.165, 1.54) is 7.05 Å². The highest BCUT2D eigenvalue weighted by Gasteiger charge is 2.22. The van der Waals surface area contributed by atoms with Crippen LogP contribution in [0.3, 0.4) is 0 Å². The number of benzene rings is 1. The molecule has 126 valence electrons. The van der Waals surface area contributed by atoms with E-state index in [0.717, 1.165) is 11.2 Å². The van der Waals surface area contributed by atoms with Crippen LogP contribution in [0.5, 0.6) is 5.75 Å². The van der Waals surface area contributed by atoms with Gasteiger partial charge in [-0.2, -0.15) is 0 Å². The van der Waals surface area contributed by atoms with Crippen LogP contribution in [0.15, 0.2) is 12.1 Å². The Balaban J connectivity index is 2.74. The number of carbonyl (C=O) groups excluding carboxylic acids is 3. The summed E-state index contributed by atoms with van der Waals surface area (Å²) in [5, 5.41) is 0. The van der Waals surface area contributed by atoms with Gasteiger partial charge >= 0.3 is 12.1 Å². The second-order valence-corrected chi connectivity index (χ2v) is 6.41. The maximum absolute atomic E-state index is 12.0. The maximum atomic E-state index is 12.0. The quantitative estimate of drug-likeness (QED) is 0.484. The molecule has 0 heterocycles. The monoisotopic (exact) mass is 321 g/mol. The molecule has 23 heavy (non-hydrogen) atoms. The van der Waals surface area contributed by atoms with Gasteiger partial charge in [-0.05, 0) is 57.9 Å². The Kier molecular flexibility index (Phi) is 5.90. The number of carbonyl (C=O) groups is 3. The lowest BCUT2D eigenvalue weighted by atomic mass is 10.1. The number of ether oxygens (including phenoxy) is 2. The van der Waals surface area contributed by atoms with Gasteiger partial charge in [-0.1, -0.05) is 0 Å². The van der Waals surface area contributed by atoms with Crippen LogP contribution < -0.4 is 4.74 Å². The summed E-state index contributed by atoms with van der Waals surface area (Å²) in [5.74, 6) is -0.179. The van der Waals surface area contributed by atoms with Crippen molar-refractivity contribution < 1.29 is 23.9 Å². The lowest BCUT2D eigenvalue weighted by molar-refractivity contribution is -0.135. The first-order chi connectivity index (χ1) is 10.5. The minimum absolute atomic E-state index is 0.233. The van der Waals surface area contributed by atoms with Gasteiger partial charge in [0.2, 0.25) is 0 Å². The minimum atomic E-state index is -0.632. The van der Waals surface area contributed by atoms with E-state index in [1.807, 2.05) is 0 Å². The number of amides is 1. The number of likely N-dealkylation sites (N-methyl/N-ethyl adjacent to an activating group) is 1. The van der Waals surface area contributed by atoms with E-state index in [-0.39, 0.29) is 6.54 Å². The lowest BCUT2D eigenvalue weighted by Crippen LogP contribution is -2.38. The first kappa shape index (κ1) is 18.7. The van der Waals surface area contributed by atoms with Crippen molar-refractivity contribution in [1.82, 2.24) is 4.90 Å². The SMILES string of the molecule is Cc1cc(C=O)cc(C)c1OC(=O)CN(C)C(=O)OC(C)(C)C. The van der Waals surface area contributed by atoms with E-state index in [1.54, 1.807) is 46.8 Å². The first-order valence-corrected chi connectivity index (χ1v) is 7.24. The zero-order valence-corrected chi connectivity index (χ0v) is 14.4. The molecule has 0 spiro atoms. The predicted octanol–water partition coefficient (Wildman–Crippen LogP) is 2.89. The summed E-state index contributed by atoms with van der Waals surface area (Å²) in [6, 6.07) is 3.28. The molecule has 1 aromatic rings. The summed E-state index contributed by atoms with van der Waals surface area (Å²) in [6.45, 7) is 8.51. The predicted molar refractivity (Wildman–Crippen MR) is 85.8 cm³/mol. The highest BCUT2D eigenvalue weighted by molar-refractivity contribution is 5.81. The van der Waals surface area contributed by atoms with Crippen LogP contribution in [0.25, 0.3) is 0 Å². The van der Waals surface area contributed by atoms with E-state index < -0.39 is 17.7 Å². The molecule has 0 saturated heterocycles. The number of hydrogen-bond donors (Lipinski definition) is 0. The van der Waals surface area contributed by atoms with Gasteiger partial charge in [0.1, 0.15) is 24.2 Å². The average molecular weight is 321 g/mol. The number of rotatable bonds is 4. The number of nitrogens with zero attached hydrogens (tertiary/aromatic N) is 1. The van der Waals surface area contributed by atoms with Gasteiger partial charge in [0, 0.05) is 12.6 Å². The van der Waals surface area contributed by atoms with Crippen molar-refractivity contribution in [3.8, 4) is 5.75 Å². The summed E-state index contributed by atoms with van der Waals surface area (Å²) < 4.78 is 10.5. The van der Waals surface area contributed by atoms with E-state index in [0.29, 0.717) is 22.4 Å². The molecule has 6 nitrogen and oxygen atoms in total. The summed E-state index contributed by atoms with van der Waals surface area (Å²) in [7, 11) is 1.46. The molecule has 0 fully saturated rings. The topological polar surface area (TPSA) is 72.9 Å². The fourth-order valence-electron chi connectivity index (χ4n) is 1.96. The molecule has 0 aliphatic heterocycles. The Morgan fingerprint density at radius 2 is 1.70 bits per heavy atom. The third-order valence-electron chi connectivity index (χ3n) is 2.91. The van der Waals surface area contributed by atoms with Gasteiger partial charge in [-0.25, -0.2) is 9.59 Å². The largest absolute Gasteiger partial charge is 0.444 e. The van der Waals surface area contributed by atoms with Crippen LogP contribution in [-0.2, 0) is 9.53 Å². The van der Waals surface area contributed by atoms with Crippen LogP contribution in [0, 0.1) is 13.8 Å². The number of aldehydes is 1. The molecule has 0 aliphatic rings. The average Bonchev–Trinajstić information content (AvgIpc) is 2.40. The highest BCUT2D eigenvalue weighted by Crippen LogP contribution is 2.24. The Morgan fingerprint density at radius 1 is 1.17 bits per heavy atom. The molecular formula is C17H23NO5. The van der Waals surface area contributed by atoms with E-state index in [4.69, 9.17) is 9.47 Å². The second-order valence-electron chi connectivity index (χ2n) is 6.41. The molecule has 0 aliphatic carbocycles. The Hall–Kier alpha value is -2.37. The maximum Gasteiger partial charge on any atom is 0.410 e. The fourth-order valence-corrected chi connectivity index (χ4v) is 1.96. The van der Waals surface area contributed by atoms with Crippen molar-refractivity contribution in [2.75, 3.05) is 13.6 Å². The molecule has 1 amide bonds. The molecule has 0 saturated carbocycles. The van der Waals surface area contributed by atoms with Gasteiger partial charge in [-0.15, -0.1) is 0 Å². The Morgan fingerprint density at radius 3 is 2.13 bits per heavy atom. The van der Waals surface area contributed by atoms with E-state index in [9.17, 15) is 14.4 Å². The van der Waals surface area contributed by atoms with Crippen molar-refractivity contribution in [2.45, 2.75) is 40.2 Å². The standard InChI is InChI=1S/C17H23NO5/c1-11-7-13(10-19)8-12(2)15(11)22-14(20)9-18(6)16(21)23-17(3,4)5/h7-8,10H,9H2,1-6H3. The van der Waals surface area contributed by atoms with E-state index >= 15 is 0 Å². The highest BCUT2D eigenvalue weighted by atomic mass is 16.6. The molecule has 1 rings (SSSR count). The summed E-state index contributed by atoms with van der Waals surface area (Å²) in [4.78, 5) is 35.8. The summed E-state index contributed by atoms with van der Waals surface area (Å²) >= 11 is 0. The minimum Gasteiger partial charge on any atom is -0.444 e. The van der Waals surface area contributed by atoms with Gasteiger partial charge in [0.15, 0.2) is 0 Å². The normalized spacial score (nSPS) is 10.9. The fraction of sp³-hybridized carbons (Fsp3) is 0.471. The molecule has 0 bridgehead atoms. The van der Waals surface area contributed by atoms with Crippen LogP contribution in [0.1, 0.15) is 42.3 Å². The summed E-state index contributed by atoms with van der Waals surface area (Å²) in [6.07, 6.45) is 0.140. The molecule has 0 atom stereocenters. The third kappa shape index (κ3) is 5.73. The number of esters is 1. The Labute approximate surface area is 136 Å². The van der Waals surface area contributed by atoms with Crippen molar-refractivity contribution in [3.05, 3.63) is 28.8 Å². The van der Waals surface area contributed by atoms with E-state index in [2.05, 4.69) is 0 Å². The molecule has 0 unspecified atom stereocenters. The molecule has 6 heteroatoms. The zero-order chi connectivity index (χ0) is 17.8. The van der Waals surface area contributed by atoms with Gasteiger partial charge in [0.05, 0.1) is 0 Å². The number of hydrogen-bond acceptors (Lipinski definition) is 5. The second kappa shape index (κ2) is 7.26. The molecule has 0 N–H and O–H groups in total. The molecule has 0 aromatic heterocycles. The smallest absolute Gasteiger partial charge is 0.410 e. The molecule has 1 aromatic carbocycles. The van der Waals surface area contributed by atoms with Gasteiger partial charge < -0.3 is 14.4 Å². The van der Waals surface area contributed by atoms with Crippen molar-refractivity contribution in [2.24, 2.45) is 0 Å². The molecular weight excluding hydrogens is 298 g/mol. The lowest BCUT2D eigenvalue weighted by Gasteiger charge is -2.24. The van der Waals surface area contributed by atoms with Crippen molar-refractivity contribution in [3.63, 3.8) is 0 Å². The van der Waals surface area contributed by atoms with Crippen LogP contribution in [0.2, 0.25) is 0 Å². The third-order valence-corrected chi connectivity index (χ3v) is 2.91. The van der Waals surface area contributed by atoms with Gasteiger partial charge in [0.25, 0.3) is 0 Å². The first-order valence-electron chi connectivity index (χ1n) is 7.24. The Bertz CT molecular complexity index is 593. The van der Waals surface area contributed by atoms with Gasteiger partial charge in [-0.3, -0.25) is 4.79 Å². The van der Waals surface area contributed by atoms with Crippen LogP contribution in [0.4, 0.5) is 4.79 Å². The van der Waals surface area contributed by atoms with Crippen molar-refractivity contribution >= 4 is 18.3 Å². The van der Waals surface area contributed by atoms with Crippen molar-refractivity contribution in [1.29, 1.82) is 0 Å². The van der Waals surface area contributed by atoms with Crippen LogP contribution in [-0.4, -0.2) is 42.4 Å². The number of aryl methyl sites for hydroxylation is 2. The summed E-state index contributed by atoms with van der Waals surface area (Å²) in [5.41, 5.74) is 1.25. The molecule has 0 radical (unpaired) electrons. The van der Waals surface area contributed by atoms with Crippen LogP contribution >= 0.6 is 0 Å².